The predicted octanol–water partition coefficient (Wildman–Crippen LogP) is 4.53. The van der Waals surface area contributed by atoms with Crippen molar-refractivity contribution in [3.63, 3.8) is 0 Å². The van der Waals surface area contributed by atoms with Gasteiger partial charge in [0, 0.05) is 23.2 Å². The number of nitrogens with zero attached hydrogens (tertiary/aromatic N) is 5. The first-order valence-corrected chi connectivity index (χ1v) is 13.3. The molecule has 3 aromatic heterocycles. The molecule has 170 valence electrons. The molecule has 0 atom stereocenters. The Morgan fingerprint density at radius 2 is 2.12 bits per heavy atom. The quantitative estimate of drug-likeness (QED) is 0.488. The summed E-state index contributed by atoms with van der Waals surface area (Å²) in [6.45, 7) is 7.32. The normalized spacial score (nSPS) is 15.2. The fourth-order valence-corrected chi connectivity index (χ4v) is 5.50. The van der Waals surface area contributed by atoms with E-state index in [4.69, 9.17) is 4.98 Å². The van der Waals surface area contributed by atoms with Crippen molar-refractivity contribution in [1.82, 2.24) is 24.6 Å². The van der Waals surface area contributed by atoms with E-state index in [2.05, 4.69) is 26.6 Å². The van der Waals surface area contributed by atoms with Gasteiger partial charge in [-0.25, -0.2) is 14.6 Å². The number of anilines is 1. The highest BCUT2D eigenvalue weighted by Crippen LogP contribution is 2.31. The Morgan fingerprint density at radius 1 is 1.31 bits per heavy atom. The Morgan fingerprint density at radius 3 is 2.84 bits per heavy atom. The summed E-state index contributed by atoms with van der Waals surface area (Å²) < 4.78 is 1.75. The summed E-state index contributed by atoms with van der Waals surface area (Å²) in [5.41, 5.74) is 2.96. The molecule has 1 amide bonds. The monoisotopic (exact) mass is 470 g/mol. The molecule has 9 heteroatoms. The number of aromatic nitrogens is 4. The molecule has 32 heavy (non-hydrogen) atoms. The third kappa shape index (κ3) is 5.39. The van der Waals surface area contributed by atoms with Gasteiger partial charge in [-0.1, -0.05) is 0 Å². The van der Waals surface area contributed by atoms with Crippen LogP contribution in [-0.2, 0) is 0 Å². The molecule has 1 aliphatic heterocycles. The van der Waals surface area contributed by atoms with Gasteiger partial charge in [0.05, 0.1) is 16.4 Å². The summed E-state index contributed by atoms with van der Waals surface area (Å²) in [7, 11) is 0. The minimum absolute atomic E-state index is 0.210. The van der Waals surface area contributed by atoms with E-state index in [9.17, 15) is 4.79 Å². The molecule has 1 N–H and O–H groups in total. The van der Waals surface area contributed by atoms with Gasteiger partial charge >= 0.3 is 0 Å². The number of amides is 1. The number of pyridine rings is 1. The first-order chi connectivity index (χ1) is 15.5. The zero-order chi connectivity index (χ0) is 22.5. The lowest BCUT2D eigenvalue weighted by atomic mass is 9.97. The van der Waals surface area contributed by atoms with Crippen LogP contribution >= 0.6 is 23.1 Å². The zero-order valence-corrected chi connectivity index (χ0v) is 20.5. The predicted molar refractivity (Wildman–Crippen MR) is 132 cm³/mol. The summed E-state index contributed by atoms with van der Waals surface area (Å²) in [4.78, 5) is 24.6. The van der Waals surface area contributed by atoms with Crippen LogP contribution < -0.4 is 5.32 Å². The minimum Gasteiger partial charge on any atom is -0.317 e. The van der Waals surface area contributed by atoms with E-state index in [1.54, 1.807) is 22.2 Å². The molecule has 1 aliphatic rings. The van der Waals surface area contributed by atoms with Gasteiger partial charge in [-0.15, -0.1) is 11.3 Å². The van der Waals surface area contributed by atoms with Crippen LogP contribution in [0.15, 0.2) is 29.8 Å². The zero-order valence-electron chi connectivity index (χ0n) is 18.9. The van der Waals surface area contributed by atoms with Crippen molar-refractivity contribution < 1.29 is 4.79 Å². The highest BCUT2D eigenvalue weighted by molar-refractivity contribution is 7.98. The third-order valence-electron chi connectivity index (χ3n) is 5.76. The van der Waals surface area contributed by atoms with Crippen LogP contribution in [0, 0.1) is 13.8 Å². The number of carbonyl (C=O) groups excluding carboxylic acids is 1. The average molecular weight is 471 g/mol. The van der Waals surface area contributed by atoms with Crippen molar-refractivity contribution in [1.29, 1.82) is 0 Å². The maximum absolute atomic E-state index is 12.9. The van der Waals surface area contributed by atoms with Crippen LogP contribution in [0.1, 0.15) is 52.1 Å². The van der Waals surface area contributed by atoms with Crippen LogP contribution in [0.2, 0.25) is 0 Å². The van der Waals surface area contributed by atoms with E-state index in [-0.39, 0.29) is 5.91 Å². The van der Waals surface area contributed by atoms with Gasteiger partial charge in [0.25, 0.3) is 5.91 Å². The number of thiazole rings is 1. The van der Waals surface area contributed by atoms with Gasteiger partial charge in [-0.3, -0.25) is 4.79 Å². The van der Waals surface area contributed by atoms with Crippen LogP contribution in [0.5, 0.6) is 0 Å². The molecule has 0 bridgehead atoms. The summed E-state index contributed by atoms with van der Waals surface area (Å²) in [5.74, 6) is 2.07. The van der Waals surface area contributed by atoms with Crippen molar-refractivity contribution in [3.05, 3.63) is 51.9 Å². The second kappa shape index (κ2) is 10.6. The Labute approximate surface area is 197 Å². The van der Waals surface area contributed by atoms with Crippen LogP contribution in [0.25, 0.3) is 5.82 Å². The summed E-state index contributed by atoms with van der Waals surface area (Å²) in [6, 6.07) is 5.64. The second-order valence-electron chi connectivity index (χ2n) is 8.20. The first kappa shape index (κ1) is 22.9. The molecule has 0 saturated carbocycles. The van der Waals surface area contributed by atoms with Crippen LogP contribution in [0.3, 0.4) is 0 Å². The lowest BCUT2D eigenvalue weighted by molar-refractivity contribution is 0.102. The number of rotatable bonds is 8. The van der Waals surface area contributed by atoms with Gasteiger partial charge in [0.15, 0.2) is 5.82 Å². The molecule has 0 aliphatic carbocycles. The van der Waals surface area contributed by atoms with E-state index < -0.39 is 0 Å². The molecular formula is C23H30N6OS2. The maximum atomic E-state index is 12.9. The molecule has 0 spiro atoms. The van der Waals surface area contributed by atoms with E-state index in [1.165, 1.54) is 18.7 Å². The number of carbonyl (C=O) groups is 1. The number of hydrogen-bond donors (Lipinski definition) is 1. The molecule has 0 radical (unpaired) electrons. The standard InChI is InChI=1S/C23H30N6OS2/c1-16-14-17(2)29(27-16)21-19(6-4-9-24-21)25-22(30)20-15-32-23(26-20)18-7-11-28(12-8-18)10-5-13-31-3/h4,6,9,14-15,18H,5,7-8,10-13H2,1-3H3,(H,25,30). The van der Waals surface area contributed by atoms with Gasteiger partial charge in [0.1, 0.15) is 5.69 Å². The molecule has 4 heterocycles. The summed E-state index contributed by atoms with van der Waals surface area (Å²) in [6.07, 6.45) is 7.34. The van der Waals surface area contributed by atoms with E-state index in [0.29, 0.717) is 23.1 Å². The van der Waals surface area contributed by atoms with E-state index in [1.807, 2.05) is 49.2 Å². The Bertz CT molecular complexity index is 1050. The lowest BCUT2D eigenvalue weighted by Gasteiger charge is -2.30. The first-order valence-electron chi connectivity index (χ1n) is 11.0. The molecule has 0 unspecified atom stereocenters. The fourth-order valence-electron chi connectivity index (χ4n) is 4.11. The van der Waals surface area contributed by atoms with Crippen molar-refractivity contribution in [2.45, 2.75) is 39.0 Å². The average Bonchev–Trinajstić information content (AvgIpc) is 3.41. The number of hydrogen-bond acceptors (Lipinski definition) is 7. The molecule has 1 saturated heterocycles. The molecule has 7 nitrogen and oxygen atoms in total. The maximum Gasteiger partial charge on any atom is 0.275 e. The largest absolute Gasteiger partial charge is 0.317 e. The summed E-state index contributed by atoms with van der Waals surface area (Å²) in [5, 5.41) is 10.4. The van der Waals surface area contributed by atoms with Crippen molar-refractivity contribution in [2.75, 3.05) is 37.0 Å². The van der Waals surface area contributed by atoms with Crippen molar-refractivity contribution >= 4 is 34.7 Å². The van der Waals surface area contributed by atoms with Crippen molar-refractivity contribution in [3.8, 4) is 5.82 Å². The molecular weight excluding hydrogens is 440 g/mol. The fraction of sp³-hybridized carbons (Fsp3) is 0.478. The highest BCUT2D eigenvalue weighted by Gasteiger charge is 2.24. The number of thioether (sulfide) groups is 1. The molecule has 4 rings (SSSR count). The lowest BCUT2D eigenvalue weighted by Crippen LogP contribution is -2.33. The van der Waals surface area contributed by atoms with Gasteiger partial charge in [0.2, 0.25) is 0 Å². The van der Waals surface area contributed by atoms with Gasteiger partial charge in [-0.2, -0.15) is 16.9 Å². The van der Waals surface area contributed by atoms with Crippen LogP contribution in [-0.4, -0.2) is 62.2 Å². The number of nitrogens with one attached hydrogen (secondary N) is 1. The van der Waals surface area contributed by atoms with Crippen molar-refractivity contribution in [2.24, 2.45) is 0 Å². The Balaban J connectivity index is 1.40. The highest BCUT2D eigenvalue weighted by atomic mass is 32.2. The molecule has 3 aromatic rings. The Kier molecular flexibility index (Phi) is 7.59. The molecule has 0 aromatic carbocycles. The number of piperidine rings is 1. The second-order valence-corrected chi connectivity index (χ2v) is 10.1. The van der Waals surface area contributed by atoms with Gasteiger partial charge in [-0.05, 0) is 83.0 Å². The Hall–Kier alpha value is -2.23. The summed E-state index contributed by atoms with van der Waals surface area (Å²) >= 11 is 3.51. The van der Waals surface area contributed by atoms with Gasteiger partial charge < -0.3 is 10.2 Å². The van der Waals surface area contributed by atoms with Crippen LogP contribution in [0.4, 0.5) is 5.69 Å². The topological polar surface area (TPSA) is 75.9 Å². The molecule has 1 fully saturated rings. The number of aryl methyl sites for hydroxylation is 2. The number of likely N-dealkylation sites (tertiary alicyclic amines) is 1. The minimum atomic E-state index is -0.210. The van der Waals surface area contributed by atoms with E-state index in [0.717, 1.165) is 42.3 Å². The smallest absolute Gasteiger partial charge is 0.275 e. The third-order valence-corrected chi connectivity index (χ3v) is 7.46. The van der Waals surface area contributed by atoms with E-state index >= 15 is 0 Å². The SMILES string of the molecule is CSCCCN1CCC(c2nc(C(=O)Nc3cccnc3-n3nc(C)cc3C)cs2)CC1.